The van der Waals surface area contributed by atoms with E-state index >= 15 is 0 Å². The van der Waals surface area contributed by atoms with Crippen molar-refractivity contribution >= 4 is 23.6 Å². The van der Waals surface area contributed by atoms with Crippen molar-refractivity contribution < 1.29 is 28.2 Å². The van der Waals surface area contributed by atoms with Crippen molar-refractivity contribution in [3.63, 3.8) is 0 Å². The van der Waals surface area contributed by atoms with Gasteiger partial charge in [-0.15, -0.1) is 0 Å². The van der Waals surface area contributed by atoms with E-state index in [1.165, 1.54) is 39.4 Å². The molecule has 142 valence electrons. The highest BCUT2D eigenvalue weighted by Gasteiger charge is 2.17. The van der Waals surface area contributed by atoms with Gasteiger partial charge in [0.1, 0.15) is 5.75 Å². The molecule has 27 heavy (non-hydrogen) atoms. The summed E-state index contributed by atoms with van der Waals surface area (Å²) in [6.07, 6.45) is 1.50. The van der Waals surface area contributed by atoms with E-state index < -0.39 is 23.8 Å². The Morgan fingerprint density at radius 3 is 2.56 bits per heavy atom. The Morgan fingerprint density at radius 2 is 1.89 bits per heavy atom. The summed E-state index contributed by atoms with van der Waals surface area (Å²) in [5, 5.41) is 2.63. The van der Waals surface area contributed by atoms with E-state index in [1.807, 2.05) is 0 Å². The predicted molar refractivity (Wildman–Crippen MR) is 99.2 cm³/mol. The number of carbonyl (C=O) groups is 2. The van der Waals surface area contributed by atoms with Crippen molar-refractivity contribution in [2.24, 2.45) is 0 Å². The van der Waals surface area contributed by atoms with Crippen LogP contribution in [0.25, 0.3) is 6.08 Å². The fourth-order valence-corrected chi connectivity index (χ4v) is 2.16. The van der Waals surface area contributed by atoms with Gasteiger partial charge >= 0.3 is 5.97 Å². The molecule has 0 unspecified atom stereocenters. The van der Waals surface area contributed by atoms with E-state index in [9.17, 15) is 14.0 Å². The Morgan fingerprint density at radius 1 is 1.11 bits per heavy atom. The summed E-state index contributed by atoms with van der Waals surface area (Å²) >= 11 is 0. The van der Waals surface area contributed by atoms with Crippen molar-refractivity contribution in [3.8, 4) is 11.5 Å². The van der Waals surface area contributed by atoms with E-state index in [4.69, 9.17) is 14.2 Å². The standard InChI is InChI=1S/C20H20FNO5/c1-13(20(24)22-15-5-4-6-16(12-15)25-2)27-19(23)10-8-14-7-9-18(26-3)17(21)11-14/h4-13H,1-3H3,(H,22,24)/b10-8+/t13-/m1/s1. The van der Waals surface area contributed by atoms with Crippen LogP contribution in [0.3, 0.4) is 0 Å². The molecule has 0 aromatic heterocycles. The molecule has 0 saturated carbocycles. The number of halogens is 1. The van der Waals surface area contributed by atoms with Crippen LogP contribution in [0.4, 0.5) is 10.1 Å². The molecule has 0 fully saturated rings. The van der Waals surface area contributed by atoms with Crippen LogP contribution in [-0.2, 0) is 14.3 Å². The molecular weight excluding hydrogens is 353 g/mol. The second-order valence-corrected chi connectivity index (χ2v) is 5.53. The van der Waals surface area contributed by atoms with Crippen LogP contribution in [0.1, 0.15) is 12.5 Å². The first-order valence-electron chi connectivity index (χ1n) is 8.10. The van der Waals surface area contributed by atoms with E-state index in [-0.39, 0.29) is 5.75 Å². The zero-order chi connectivity index (χ0) is 19.8. The maximum Gasteiger partial charge on any atom is 0.331 e. The van der Waals surface area contributed by atoms with Gasteiger partial charge in [0.15, 0.2) is 17.7 Å². The average Bonchev–Trinajstić information content (AvgIpc) is 2.66. The van der Waals surface area contributed by atoms with Gasteiger partial charge in [-0.2, -0.15) is 0 Å². The quantitative estimate of drug-likeness (QED) is 0.595. The number of rotatable bonds is 7. The van der Waals surface area contributed by atoms with Crippen LogP contribution in [0.5, 0.6) is 11.5 Å². The van der Waals surface area contributed by atoms with E-state index in [1.54, 1.807) is 30.3 Å². The minimum absolute atomic E-state index is 0.109. The normalized spacial score (nSPS) is 11.7. The molecule has 0 radical (unpaired) electrons. The summed E-state index contributed by atoms with van der Waals surface area (Å²) < 4.78 is 28.6. The second-order valence-electron chi connectivity index (χ2n) is 5.53. The van der Waals surface area contributed by atoms with Gasteiger partial charge in [0.05, 0.1) is 14.2 Å². The topological polar surface area (TPSA) is 73.9 Å². The van der Waals surface area contributed by atoms with Crippen molar-refractivity contribution in [2.45, 2.75) is 13.0 Å². The molecule has 2 aromatic carbocycles. The SMILES string of the molecule is COc1cccc(NC(=O)[C@@H](C)OC(=O)/C=C/c2ccc(OC)c(F)c2)c1. The van der Waals surface area contributed by atoms with Gasteiger partial charge in [-0.05, 0) is 42.8 Å². The molecule has 0 aliphatic carbocycles. The van der Waals surface area contributed by atoms with Crippen LogP contribution >= 0.6 is 0 Å². The molecule has 2 rings (SSSR count). The minimum Gasteiger partial charge on any atom is -0.497 e. The number of nitrogens with one attached hydrogen (secondary N) is 1. The molecule has 1 N–H and O–H groups in total. The first kappa shape index (κ1) is 20.0. The zero-order valence-corrected chi connectivity index (χ0v) is 15.2. The van der Waals surface area contributed by atoms with Crippen molar-refractivity contribution in [3.05, 3.63) is 59.9 Å². The lowest BCUT2D eigenvalue weighted by Crippen LogP contribution is -2.29. The van der Waals surface area contributed by atoms with Gasteiger partial charge in [-0.25, -0.2) is 9.18 Å². The van der Waals surface area contributed by atoms with Crippen LogP contribution < -0.4 is 14.8 Å². The lowest BCUT2D eigenvalue weighted by molar-refractivity contribution is -0.148. The van der Waals surface area contributed by atoms with Crippen molar-refractivity contribution in [1.29, 1.82) is 0 Å². The van der Waals surface area contributed by atoms with Crippen molar-refractivity contribution in [2.75, 3.05) is 19.5 Å². The highest BCUT2D eigenvalue weighted by molar-refractivity contribution is 5.96. The maximum absolute atomic E-state index is 13.6. The molecule has 0 bridgehead atoms. The molecule has 7 heteroatoms. The van der Waals surface area contributed by atoms with Crippen LogP contribution in [0.15, 0.2) is 48.5 Å². The Balaban J connectivity index is 1.92. The number of esters is 1. The molecule has 0 saturated heterocycles. The fourth-order valence-electron chi connectivity index (χ4n) is 2.16. The van der Waals surface area contributed by atoms with Gasteiger partial charge < -0.3 is 19.5 Å². The number of ether oxygens (including phenoxy) is 3. The Hall–Kier alpha value is -3.35. The third-order valence-corrected chi connectivity index (χ3v) is 3.59. The second kappa shape index (κ2) is 9.38. The molecule has 1 amide bonds. The molecule has 1 atom stereocenters. The molecule has 0 spiro atoms. The first-order valence-corrected chi connectivity index (χ1v) is 8.10. The first-order chi connectivity index (χ1) is 12.9. The third kappa shape index (κ3) is 5.85. The van der Waals surface area contributed by atoms with Gasteiger partial charge in [0, 0.05) is 17.8 Å². The smallest absolute Gasteiger partial charge is 0.331 e. The number of amides is 1. The molecule has 0 aliphatic rings. The monoisotopic (exact) mass is 373 g/mol. The molecule has 0 heterocycles. The third-order valence-electron chi connectivity index (χ3n) is 3.59. The largest absolute Gasteiger partial charge is 0.497 e. The average molecular weight is 373 g/mol. The minimum atomic E-state index is -1.01. The summed E-state index contributed by atoms with van der Waals surface area (Å²) in [4.78, 5) is 24.0. The summed E-state index contributed by atoms with van der Waals surface area (Å²) in [6.45, 7) is 1.45. The number of benzene rings is 2. The van der Waals surface area contributed by atoms with E-state index in [2.05, 4.69) is 5.32 Å². The molecule has 6 nitrogen and oxygen atoms in total. The molecular formula is C20H20FNO5. The van der Waals surface area contributed by atoms with Crippen LogP contribution in [0, 0.1) is 5.82 Å². The fraction of sp³-hybridized carbons (Fsp3) is 0.200. The highest BCUT2D eigenvalue weighted by Crippen LogP contribution is 2.19. The van der Waals surface area contributed by atoms with Crippen LogP contribution in [-0.4, -0.2) is 32.2 Å². The summed E-state index contributed by atoms with van der Waals surface area (Å²) in [6, 6.07) is 11.1. The summed E-state index contributed by atoms with van der Waals surface area (Å²) in [7, 11) is 2.88. The molecule has 0 aliphatic heterocycles. The van der Waals surface area contributed by atoms with Crippen LogP contribution in [0.2, 0.25) is 0 Å². The lowest BCUT2D eigenvalue weighted by atomic mass is 10.2. The molecule has 2 aromatic rings. The number of anilines is 1. The van der Waals surface area contributed by atoms with Gasteiger partial charge in [-0.3, -0.25) is 4.79 Å². The van der Waals surface area contributed by atoms with E-state index in [0.717, 1.165) is 6.08 Å². The van der Waals surface area contributed by atoms with Gasteiger partial charge in [-0.1, -0.05) is 12.1 Å². The number of hydrogen-bond acceptors (Lipinski definition) is 5. The van der Waals surface area contributed by atoms with E-state index in [0.29, 0.717) is 17.0 Å². The number of hydrogen-bond donors (Lipinski definition) is 1. The van der Waals surface area contributed by atoms with Gasteiger partial charge in [0.25, 0.3) is 5.91 Å². The Bertz CT molecular complexity index is 850. The number of methoxy groups -OCH3 is 2. The zero-order valence-electron chi connectivity index (χ0n) is 15.2. The Kier molecular flexibility index (Phi) is 6.93. The lowest BCUT2D eigenvalue weighted by Gasteiger charge is -2.13. The Labute approximate surface area is 156 Å². The maximum atomic E-state index is 13.6. The predicted octanol–water partition coefficient (Wildman–Crippen LogP) is 3.43. The highest BCUT2D eigenvalue weighted by atomic mass is 19.1. The van der Waals surface area contributed by atoms with Crippen molar-refractivity contribution in [1.82, 2.24) is 0 Å². The summed E-state index contributed by atoms with van der Waals surface area (Å²) in [5.41, 5.74) is 0.977. The number of carbonyl (C=O) groups excluding carboxylic acids is 2. The van der Waals surface area contributed by atoms with Gasteiger partial charge in [0.2, 0.25) is 0 Å². The summed E-state index contributed by atoms with van der Waals surface area (Å²) in [5.74, 6) is -1.05.